The standard InChI is InChI=1S/C29H34O15/c1-39-18-11-15(7-9-17(18)33)8-10-21(34)41-26-22(35)19(12-30)43-29(26,14-32)44-28-24(37)23(36)25(20(13-31)40-28)42-27(38)16-5-3-2-4-6-16/h2-11,19-20,22-26,28,30-33,35-37H,12-14H2,1H3. The zero-order valence-electron chi connectivity index (χ0n) is 23.4. The molecule has 0 saturated carbocycles. The Morgan fingerprint density at radius 2 is 1.64 bits per heavy atom. The van der Waals surface area contributed by atoms with Crippen LogP contribution in [0.15, 0.2) is 54.6 Å². The second-order valence-electron chi connectivity index (χ2n) is 9.98. The fraction of sp³-hybridized carbons (Fsp3) is 0.448. The maximum absolute atomic E-state index is 12.7. The minimum Gasteiger partial charge on any atom is -0.504 e. The van der Waals surface area contributed by atoms with E-state index in [2.05, 4.69) is 0 Å². The lowest BCUT2D eigenvalue weighted by Crippen LogP contribution is -2.63. The van der Waals surface area contributed by atoms with E-state index in [4.69, 9.17) is 28.4 Å². The van der Waals surface area contributed by atoms with Crippen molar-refractivity contribution in [2.45, 2.75) is 54.8 Å². The number of aliphatic hydroxyl groups excluding tert-OH is 6. The molecule has 9 atom stereocenters. The van der Waals surface area contributed by atoms with Gasteiger partial charge in [0, 0.05) is 6.08 Å². The van der Waals surface area contributed by atoms with Crippen LogP contribution >= 0.6 is 0 Å². The maximum Gasteiger partial charge on any atom is 0.338 e. The number of hydrogen-bond acceptors (Lipinski definition) is 15. The van der Waals surface area contributed by atoms with Crippen molar-refractivity contribution in [3.05, 3.63) is 65.7 Å². The van der Waals surface area contributed by atoms with Gasteiger partial charge < -0.3 is 64.2 Å². The Morgan fingerprint density at radius 3 is 2.27 bits per heavy atom. The molecule has 0 aromatic heterocycles. The Bertz CT molecular complexity index is 1300. The minimum atomic E-state index is -2.43. The van der Waals surface area contributed by atoms with Gasteiger partial charge in [0.05, 0.1) is 25.9 Å². The number of phenolic OH excluding ortho intramolecular Hbond substituents is 1. The molecule has 15 nitrogen and oxygen atoms in total. The summed E-state index contributed by atoms with van der Waals surface area (Å²) in [4.78, 5) is 25.3. The van der Waals surface area contributed by atoms with Crippen LogP contribution in [0.25, 0.3) is 6.08 Å². The van der Waals surface area contributed by atoms with E-state index < -0.39 is 86.6 Å². The molecule has 2 aromatic carbocycles. The summed E-state index contributed by atoms with van der Waals surface area (Å²) in [7, 11) is 1.34. The van der Waals surface area contributed by atoms with Gasteiger partial charge in [0.15, 0.2) is 30.0 Å². The first-order valence-electron chi connectivity index (χ1n) is 13.5. The number of esters is 2. The summed E-state index contributed by atoms with van der Waals surface area (Å²) in [6, 6.07) is 12.0. The smallest absolute Gasteiger partial charge is 0.338 e. The molecule has 0 spiro atoms. The van der Waals surface area contributed by atoms with E-state index in [1.54, 1.807) is 18.2 Å². The van der Waals surface area contributed by atoms with E-state index >= 15 is 0 Å². The van der Waals surface area contributed by atoms with Gasteiger partial charge in [-0.1, -0.05) is 24.3 Å². The third kappa shape index (κ3) is 7.02. The van der Waals surface area contributed by atoms with Crippen molar-refractivity contribution in [2.75, 3.05) is 26.9 Å². The SMILES string of the molecule is COc1cc(C=CC(=O)OC2C(O)C(CO)OC2(CO)OC2OC(CO)C(OC(=O)c3ccccc3)C(O)C2O)ccc1O. The number of carbonyl (C=O) groups excluding carboxylic acids is 2. The van der Waals surface area contributed by atoms with Gasteiger partial charge in [0.2, 0.25) is 5.79 Å². The van der Waals surface area contributed by atoms with Crippen molar-refractivity contribution < 1.29 is 73.8 Å². The molecule has 2 saturated heterocycles. The molecule has 0 radical (unpaired) electrons. The molecule has 15 heteroatoms. The number of carbonyl (C=O) groups is 2. The number of phenols is 1. The van der Waals surface area contributed by atoms with Gasteiger partial charge in [-0.15, -0.1) is 0 Å². The third-order valence-corrected chi connectivity index (χ3v) is 7.12. The molecule has 2 fully saturated rings. The van der Waals surface area contributed by atoms with Crippen molar-refractivity contribution in [3.8, 4) is 11.5 Å². The van der Waals surface area contributed by atoms with E-state index in [0.717, 1.165) is 6.08 Å². The lowest BCUT2D eigenvalue weighted by atomic mass is 9.98. The highest BCUT2D eigenvalue weighted by atomic mass is 16.8. The number of methoxy groups -OCH3 is 1. The van der Waals surface area contributed by atoms with E-state index in [9.17, 15) is 45.3 Å². The van der Waals surface area contributed by atoms with Gasteiger partial charge in [-0.2, -0.15) is 0 Å². The number of benzene rings is 2. The van der Waals surface area contributed by atoms with Gasteiger partial charge in [-0.25, -0.2) is 9.59 Å². The number of aliphatic hydroxyl groups is 6. The van der Waals surface area contributed by atoms with Crippen molar-refractivity contribution in [3.63, 3.8) is 0 Å². The van der Waals surface area contributed by atoms with Crippen molar-refractivity contribution in [1.29, 1.82) is 0 Å². The maximum atomic E-state index is 12.7. The van der Waals surface area contributed by atoms with Gasteiger partial charge in [0.1, 0.15) is 37.1 Å². The Hall–Kier alpha value is -3.64. The van der Waals surface area contributed by atoms with Crippen LogP contribution in [0.3, 0.4) is 0 Å². The first-order chi connectivity index (χ1) is 21.1. The van der Waals surface area contributed by atoms with Crippen LogP contribution in [-0.4, -0.2) is 129 Å². The summed E-state index contributed by atoms with van der Waals surface area (Å²) in [6.45, 7) is -2.70. The molecule has 2 aliphatic heterocycles. The summed E-state index contributed by atoms with van der Waals surface area (Å²) in [5.41, 5.74) is 0.568. The lowest BCUT2D eigenvalue weighted by Gasteiger charge is -2.44. The molecule has 0 bridgehead atoms. The van der Waals surface area contributed by atoms with E-state index in [0.29, 0.717) is 5.56 Å². The quantitative estimate of drug-likeness (QED) is 0.111. The Kier molecular flexibility index (Phi) is 10.9. The fourth-order valence-electron chi connectivity index (χ4n) is 4.80. The highest BCUT2D eigenvalue weighted by molar-refractivity contribution is 5.89. The van der Waals surface area contributed by atoms with Crippen LogP contribution in [-0.2, 0) is 28.5 Å². The summed E-state index contributed by atoms with van der Waals surface area (Å²) in [6.07, 6.45) is -11.4. The van der Waals surface area contributed by atoms with Gasteiger partial charge in [-0.3, -0.25) is 0 Å². The molecular formula is C29H34O15. The summed E-state index contributed by atoms with van der Waals surface area (Å²) in [5, 5.41) is 72.1. The van der Waals surface area contributed by atoms with Crippen molar-refractivity contribution in [1.82, 2.24) is 0 Å². The molecule has 4 rings (SSSR count). The Balaban J connectivity index is 1.51. The van der Waals surface area contributed by atoms with E-state index in [1.807, 2.05) is 0 Å². The zero-order valence-corrected chi connectivity index (χ0v) is 23.4. The van der Waals surface area contributed by atoms with Crippen LogP contribution in [0, 0.1) is 0 Å². The minimum absolute atomic E-state index is 0.125. The van der Waals surface area contributed by atoms with E-state index in [1.165, 1.54) is 43.5 Å². The van der Waals surface area contributed by atoms with Crippen LogP contribution in [0.2, 0.25) is 0 Å². The second-order valence-corrected chi connectivity index (χ2v) is 9.98. The Labute approximate surface area is 251 Å². The highest BCUT2D eigenvalue weighted by Crippen LogP contribution is 2.38. The first kappa shape index (κ1) is 33.3. The Morgan fingerprint density at radius 1 is 0.932 bits per heavy atom. The zero-order chi connectivity index (χ0) is 32.0. The third-order valence-electron chi connectivity index (χ3n) is 7.12. The molecule has 0 amide bonds. The topological polar surface area (TPSA) is 231 Å². The lowest BCUT2D eigenvalue weighted by molar-refractivity contribution is -0.383. The van der Waals surface area contributed by atoms with Gasteiger partial charge in [-0.05, 0) is 35.9 Å². The largest absolute Gasteiger partial charge is 0.504 e. The molecule has 2 aliphatic rings. The molecule has 2 aromatic rings. The van der Waals surface area contributed by atoms with Gasteiger partial charge in [0.25, 0.3) is 0 Å². The fourth-order valence-corrected chi connectivity index (χ4v) is 4.80. The molecular weight excluding hydrogens is 588 g/mol. The predicted octanol–water partition coefficient (Wildman–Crippen LogP) is -1.55. The average Bonchev–Trinajstić information content (AvgIpc) is 3.30. The van der Waals surface area contributed by atoms with Gasteiger partial charge >= 0.3 is 11.9 Å². The number of ether oxygens (including phenoxy) is 6. The van der Waals surface area contributed by atoms with E-state index in [-0.39, 0.29) is 17.1 Å². The average molecular weight is 623 g/mol. The highest BCUT2D eigenvalue weighted by Gasteiger charge is 2.61. The molecule has 2 heterocycles. The summed E-state index contributed by atoms with van der Waals surface area (Å²) >= 11 is 0. The first-order valence-corrected chi connectivity index (χ1v) is 13.5. The molecule has 44 heavy (non-hydrogen) atoms. The summed E-state index contributed by atoms with van der Waals surface area (Å²) in [5.74, 6) is -4.33. The number of rotatable bonds is 11. The van der Waals surface area contributed by atoms with Crippen molar-refractivity contribution >= 4 is 18.0 Å². The van der Waals surface area contributed by atoms with Crippen LogP contribution < -0.4 is 4.74 Å². The van der Waals surface area contributed by atoms with Crippen LogP contribution in [0.4, 0.5) is 0 Å². The van der Waals surface area contributed by atoms with Crippen LogP contribution in [0.1, 0.15) is 15.9 Å². The second kappa shape index (κ2) is 14.4. The molecule has 9 unspecified atom stereocenters. The summed E-state index contributed by atoms with van der Waals surface area (Å²) < 4.78 is 32.5. The van der Waals surface area contributed by atoms with Crippen molar-refractivity contribution in [2.24, 2.45) is 0 Å². The number of hydrogen-bond donors (Lipinski definition) is 7. The molecule has 240 valence electrons. The van der Waals surface area contributed by atoms with Crippen LogP contribution in [0.5, 0.6) is 11.5 Å². The molecule has 7 N–H and O–H groups in total. The number of aromatic hydroxyl groups is 1. The molecule has 0 aliphatic carbocycles. The predicted molar refractivity (Wildman–Crippen MR) is 146 cm³/mol. The normalized spacial score (nSPS) is 32.0. The monoisotopic (exact) mass is 622 g/mol.